The Balaban J connectivity index is 2.16. The molecule has 0 aromatic heterocycles. The molecular formula is C14H24N2O3S2. The van der Waals surface area contributed by atoms with Crippen molar-refractivity contribution < 1.29 is 13.2 Å². The smallest absolute Gasteiger partial charge is 0.212 e. The summed E-state index contributed by atoms with van der Waals surface area (Å²) in [5.74, 6) is 0.604. The summed E-state index contributed by atoms with van der Waals surface area (Å²) in [5, 5.41) is 0. The van der Waals surface area contributed by atoms with E-state index in [-0.39, 0.29) is 5.75 Å². The van der Waals surface area contributed by atoms with Gasteiger partial charge in [0.1, 0.15) is 0 Å². The molecule has 0 spiro atoms. The van der Waals surface area contributed by atoms with Crippen LogP contribution in [-0.2, 0) is 14.8 Å². The molecule has 0 aliphatic carbocycles. The molecule has 0 bridgehead atoms. The molecule has 5 nitrogen and oxygen atoms in total. The van der Waals surface area contributed by atoms with Crippen LogP contribution in [0.3, 0.4) is 0 Å². The van der Waals surface area contributed by atoms with E-state index >= 15 is 0 Å². The van der Waals surface area contributed by atoms with E-state index in [9.17, 15) is 8.42 Å². The van der Waals surface area contributed by atoms with Crippen LogP contribution in [0.4, 0.5) is 5.69 Å². The Kier molecular flexibility index (Phi) is 8.75. The number of sulfonamides is 1. The minimum atomic E-state index is -3.23. The molecule has 3 N–H and O–H groups in total. The highest BCUT2D eigenvalue weighted by Gasteiger charge is 2.09. The van der Waals surface area contributed by atoms with Crippen LogP contribution < -0.4 is 10.5 Å². The fraction of sp³-hybridized carbons (Fsp3) is 0.571. The summed E-state index contributed by atoms with van der Waals surface area (Å²) in [6, 6.07) is 7.40. The number of anilines is 1. The summed E-state index contributed by atoms with van der Waals surface area (Å²) < 4.78 is 31.4. The highest BCUT2D eigenvalue weighted by molar-refractivity contribution is 8.00. The summed E-state index contributed by atoms with van der Waals surface area (Å²) in [7, 11) is -3.23. The SMILES string of the molecule is CCCCOCCNS(=O)(=O)CCSc1ccc(N)cc1. The van der Waals surface area contributed by atoms with Gasteiger partial charge in [-0.05, 0) is 30.7 Å². The van der Waals surface area contributed by atoms with E-state index in [0.29, 0.717) is 31.2 Å². The lowest BCUT2D eigenvalue weighted by Gasteiger charge is -2.07. The van der Waals surface area contributed by atoms with Crippen molar-refractivity contribution in [3.05, 3.63) is 24.3 Å². The van der Waals surface area contributed by atoms with E-state index in [1.807, 2.05) is 24.3 Å². The molecule has 0 aliphatic heterocycles. The van der Waals surface area contributed by atoms with E-state index in [0.717, 1.165) is 17.7 Å². The van der Waals surface area contributed by atoms with Crippen LogP contribution in [0.5, 0.6) is 0 Å². The van der Waals surface area contributed by atoms with Crippen LogP contribution in [0.25, 0.3) is 0 Å². The van der Waals surface area contributed by atoms with Gasteiger partial charge in [0.05, 0.1) is 12.4 Å². The first-order chi connectivity index (χ1) is 10.0. The van der Waals surface area contributed by atoms with E-state index in [1.54, 1.807) is 0 Å². The van der Waals surface area contributed by atoms with Gasteiger partial charge >= 0.3 is 0 Å². The third kappa shape index (κ3) is 8.98. The number of nitrogens with two attached hydrogens (primary N) is 1. The number of hydrogen-bond acceptors (Lipinski definition) is 5. The van der Waals surface area contributed by atoms with Gasteiger partial charge in [0.25, 0.3) is 0 Å². The Bertz CT molecular complexity index is 489. The number of rotatable bonds is 11. The molecule has 0 saturated heterocycles. The number of unbranched alkanes of at least 4 members (excludes halogenated alkanes) is 1. The van der Waals surface area contributed by atoms with Crippen molar-refractivity contribution >= 4 is 27.5 Å². The average Bonchev–Trinajstić information content (AvgIpc) is 2.45. The molecule has 21 heavy (non-hydrogen) atoms. The van der Waals surface area contributed by atoms with E-state index in [2.05, 4.69) is 11.6 Å². The average molecular weight is 332 g/mol. The molecular weight excluding hydrogens is 308 g/mol. The first kappa shape index (κ1) is 18.3. The zero-order valence-corrected chi connectivity index (χ0v) is 14.0. The zero-order chi connectivity index (χ0) is 15.6. The lowest BCUT2D eigenvalue weighted by Crippen LogP contribution is -2.30. The van der Waals surface area contributed by atoms with Crippen LogP contribution >= 0.6 is 11.8 Å². The summed E-state index contributed by atoms with van der Waals surface area (Å²) in [4.78, 5) is 1.02. The van der Waals surface area contributed by atoms with Crippen LogP contribution in [0.2, 0.25) is 0 Å². The number of ether oxygens (including phenoxy) is 1. The first-order valence-electron chi connectivity index (χ1n) is 7.07. The van der Waals surface area contributed by atoms with Gasteiger partial charge in [0, 0.05) is 29.5 Å². The predicted octanol–water partition coefficient (Wildman–Crippen LogP) is 2.10. The highest BCUT2D eigenvalue weighted by atomic mass is 32.2. The third-order valence-corrected chi connectivity index (χ3v) is 5.37. The molecule has 0 aliphatic rings. The molecule has 0 amide bonds. The van der Waals surface area contributed by atoms with Gasteiger partial charge in [-0.1, -0.05) is 13.3 Å². The predicted molar refractivity (Wildman–Crippen MR) is 89.1 cm³/mol. The number of nitrogen functional groups attached to an aromatic ring is 1. The van der Waals surface area contributed by atoms with Gasteiger partial charge in [-0.3, -0.25) is 0 Å². The summed E-state index contributed by atoms with van der Waals surface area (Å²) >= 11 is 1.50. The monoisotopic (exact) mass is 332 g/mol. The van der Waals surface area contributed by atoms with Crippen molar-refractivity contribution in [2.24, 2.45) is 0 Å². The van der Waals surface area contributed by atoms with Crippen molar-refractivity contribution in [1.29, 1.82) is 0 Å². The zero-order valence-electron chi connectivity index (χ0n) is 12.4. The lowest BCUT2D eigenvalue weighted by molar-refractivity contribution is 0.136. The van der Waals surface area contributed by atoms with E-state index in [4.69, 9.17) is 10.5 Å². The van der Waals surface area contributed by atoms with Gasteiger partial charge in [-0.15, -0.1) is 11.8 Å². The lowest BCUT2D eigenvalue weighted by atomic mass is 10.3. The van der Waals surface area contributed by atoms with Gasteiger partial charge in [-0.25, -0.2) is 13.1 Å². The highest BCUT2D eigenvalue weighted by Crippen LogP contribution is 2.19. The van der Waals surface area contributed by atoms with Gasteiger partial charge < -0.3 is 10.5 Å². The summed E-state index contributed by atoms with van der Waals surface area (Å²) in [6.45, 7) is 3.53. The molecule has 120 valence electrons. The second-order valence-corrected chi connectivity index (χ2v) is 7.69. The Hall–Kier alpha value is -0.760. The Morgan fingerprint density at radius 3 is 2.62 bits per heavy atom. The Morgan fingerprint density at radius 2 is 1.95 bits per heavy atom. The van der Waals surface area contributed by atoms with Crippen molar-refractivity contribution in [2.75, 3.05) is 37.0 Å². The minimum absolute atomic E-state index is 0.0942. The molecule has 1 rings (SSSR count). The molecule has 0 fully saturated rings. The van der Waals surface area contributed by atoms with Gasteiger partial charge in [0.15, 0.2) is 0 Å². The summed E-state index contributed by atoms with van der Waals surface area (Å²) in [6.07, 6.45) is 2.08. The quantitative estimate of drug-likeness (QED) is 0.368. The molecule has 0 heterocycles. The summed E-state index contributed by atoms with van der Waals surface area (Å²) in [5.41, 5.74) is 6.30. The normalized spacial score (nSPS) is 11.7. The third-order valence-electron chi connectivity index (χ3n) is 2.71. The molecule has 0 radical (unpaired) electrons. The fourth-order valence-electron chi connectivity index (χ4n) is 1.52. The number of thioether (sulfide) groups is 1. The maximum Gasteiger partial charge on any atom is 0.212 e. The second-order valence-electron chi connectivity index (χ2n) is 4.60. The van der Waals surface area contributed by atoms with Crippen molar-refractivity contribution in [3.8, 4) is 0 Å². The topological polar surface area (TPSA) is 81.4 Å². The molecule has 0 saturated carbocycles. The first-order valence-corrected chi connectivity index (χ1v) is 9.70. The largest absolute Gasteiger partial charge is 0.399 e. The standard InChI is InChI=1S/C14H24N2O3S2/c1-2-3-9-19-10-8-16-21(17,18)12-11-20-14-6-4-13(15)5-7-14/h4-7,16H,2-3,8-12,15H2,1H3. The maximum atomic E-state index is 11.8. The number of benzene rings is 1. The molecule has 1 aromatic rings. The Morgan fingerprint density at radius 1 is 1.24 bits per heavy atom. The van der Waals surface area contributed by atoms with E-state index < -0.39 is 10.0 Å². The Labute approximate surface area is 131 Å². The van der Waals surface area contributed by atoms with E-state index in [1.165, 1.54) is 11.8 Å². The van der Waals surface area contributed by atoms with Crippen LogP contribution in [0.1, 0.15) is 19.8 Å². The van der Waals surface area contributed by atoms with Gasteiger partial charge in [0.2, 0.25) is 10.0 Å². The maximum absolute atomic E-state index is 11.8. The number of nitrogens with one attached hydrogen (secondary N) is 1. The second kappa shape index (κ2) is 10.0. The number of hydrogen-bond donors (Lipinski definition) is 2. The van der Waals surface area contributed by atoms with Crippen LogP contribution in [0.15, 0.2) is 29.2 Å². The minimum Gasteiger partial charge on any atom is -0.399 e. The molecule has 0 unspecified atom stereocenters. The van der Waals surface area contributed by atoms with Crippen molar-refractivity contribution in [2.45, 2.75) is 24.7 Å². The molecule has 1 aromatic carbocycles. The fourth-order valence-corrected chi connectivity index (χ4v) is 3.84. The van der Waals surface area contributed by atoms with Crippen molar-refractivity contribution in [3.63, 3.8) is 0 Å². The van der Waals surface area contributed by atoms with Crippen LogP contribution in [0, 0.1) is 0 Å². The van der Waals surface area contributed by atoms with Crippen LogP contribution in [-0.4, -0.2) is 39.7 Å². The van der Waals surface area contributed by atoms with Crippen molar-refractivity contribution in [1.82, 2.24) is 4.72 Å². The van der Waals surface area contributed by atoms with Gasteiger partial charge in [-0.2, -0.15) is 0 Å². The molecule has 0 atom stereocenters. The molecule has 7 heteroatoms.